The van der Waals surface area contributed by atoms with Crippen LogP contribution < -0.4 is 5.32 Å². The molecule has 0 aromatic heterocycles. The number of esters is 1. The summed E-state index contributed by atoms with van der Waals surface area (Å²) < 4.78 is 5.22. The third kappa shape index (κ3) is 4.34. The highest BCUT2D eigenvalue weighted by Crippen LogP contribution is 2.25. The second kappa shape index (κ2) is 8.68. The van der Waals surface area contributed by atoms with Gasteiger partial charge in [-0.25, -0.2) is 4.79 Å². The minimum atomic E-state index is -1.03. The summed E-state index contributed by atoms with van der Waals surface area (Å²) in [4.78, 5) is 50.7. The zero-order valence-electron chi connectivity index (χ0n) is 16.3. The summed E-state index contributed by atoms with van der Waals surface area (Å²) in [5.41, 5.74) is 1.16. The molecule has 2 aromatic carbocycles. The van der Waals surface area contributed by atoms with Crippen molar-refractivity contribution in [3.05, 3.63) is 65.2 Å². The Bertz CT molecular complexity index is 955. The van der Waals surface area contributed by atoms with Crippen molar-refractivity contribution < 1.29 is 23.9 Å². The quantitative estimate of drug-likeness (QED) is 0.575. The molecule has 7 heteroatoms. The molecule has 0 radical (unpaired) electrons. The Hall–Kier alpha value is -3.48. The predicted molar refractivity (Wildman–Crippen MR) is 107 cm³/mol. The van der Waals surface area contributed by atoms with Crippen LogP contribution in [-0.2, 0) is 9.53 Å². The number of carbonyl (C=O) groups is 4. The molecular weight excluding hydrogens is 372 g/mol. The van der Waals surface area contributed by atoms with Gasteiger partial charge in [-0.05, 0) is 43.7 Å². The van der Waals surface area contributed by atoms with Crippen LogP contribution in [0.2, 0.25) is 0 Å². The summed E-state index contributed by atoms with van der Waals surface area (Å²) in [6, 6.07) is 13.1. The third-order valence-corrected chi connectivity index (χ3v) is 4.64. The van der Waals surface area contributed by atoms with Crippen molar-refractivity contribution in [1.29, 1.82) is 0 Å². The summed E-state index contributed by atoms with van der Waals surface area (Å²) in [5.74, 6) is -1.98. The molecule has 0 saturated heterocycles. The molecule has 29 heavy (non-hydrogen) atoms. The molecule has 1 atom stereocenters. The highest BCUT2D eigenvalue weighted by Gasteiger charge is 2.35. The van der Waals surface area contributed by atoms with Gasteiger partial charge in [-0.2, -0.15) is 0 Å². The fraction of sp³-hybridized carbons (Fsp3) is 0.273. The number of para-hydroxylation sites is 1. The van der Waals surface area contributed by atoms with Gasteiger partial charge in [0.1, 0.15) is 0 Å². The predicted octanol–water partition coefficient (Wildman–Crippen LogP) is 3.27. The van der Waals surface area contributed by atoms with Gasteiger partial charge in [0, 0.05) is 12.2 Å². The Labute approximate surface area is 168 Å². The first kappa shape index (κ1) is 20.3. The van der Waals surface area contributed by atoms with E-state index in [4.69, 9.17) is 4.74 Å². The molecule has 2 aromatic rings. The van der Waals surface area contributed by atoms with Crippen LogP contribution in [0.3, 0.4) is 0 Å². The Morgan fingerprint density at radius 2 is 1.72 bits per heavy atom. The Kier molecular flexibility index (Phi) is 6.07. The third-order valence-electron chi connectivity index (χ3n) is 4.64. The summed E-state index contributed by atoms with van der Waals surface area (Å²) in [7, 11) is 0. The number of amides is 3. The van der Waals surface area contributed by atoms with Crippen molar-refractivity contribution in [3.8, 4) is 0 Å². The lowest BCUT2D eigenvalue weighted by Crippen LogP contribution is -2.30. The highest BCUT2D eigenvalue weighted by molar-refractivity contribution is 6.22. The maximum atomic E-state index is 12.5. The molecule has 3 rings (SSSR count). The average molecular weight is 394 g/mol. The summed E-state index contributed by atoms with van der Waals surface area (Å²) >= 11 is 0. The fourth-order valence-electron chi connectivity index (χ4n) is 2.98. The van der Waals surface area contributed by atoms with E-state index >= 15 is 0 Å². The van der Waals surface area contributed by atoms with Crippen LogP contribution in [-0.4, -0.2) is 41.2 Å². The Balaban J connectivity index is 1.68. The van der Waals surface area contributed by atoms with Crippen molar-refractivity contribution in [2.24, 2.45) is 0 Å². The molecule has 1 aliphatic heterocycles. The van der Waals surface area contributed by atoms with Gasteiger partial charge in [0.15, 0.2) is 6.10 Å². The number of anilines is 1. The van der Waals surface area contributed by atoms with E-state index in [2.05, 4.69) is 5.32 Å². The summed E-state index contributed by atoms with van der Waals surface area (Å²) in [6.07, 6.45) is 0.539. The number of fused-ring (bicyclic) bond motifs is 1. The van der Waals surface area contributed by atoms with E-state index in [0.717, 1.165) is 6.42 Å². The van der Waals surface area contributed by atoms with Crippen LogP contribution in [0.5, 0.6) is 0 Å². The largest absolute Gasteiger partial charge is 0.449 e. The number of ether oxygens (including phenoxy) is 1. The zero-order chi connectivity index (χ0) is 21.0. The van der Waals surface area contributed by atoms with Crippen LogP contribution in [0.15, 0.2) is 48.5 Å². The van der Waals surface area contributed by atoms with E-state index in [1.807, 2.05) is 13.0 Å². The number of rotatable bonds is 7. The van der Waals surface area contributed by atoms with Crippen LogP contribution >= 0.6 is 0 Å². The maximum absolute atomic E-state index is 12.5. The Morgan fingerprint density at radius 3 is 2.41 bits per heavy atom. The van der Waals surface area contributed by atoms with Crippen LogP contribution in [0.4, 0.5) is 5.69 Å². The molecule has 150 valence electrons. The molecule has 1 heterocycles. The van der Waals surface area contributed by atoms with Gasteiger partial charge in [-0.3, -0.25) is 19.3 Å². The van der Waals surface area contributed by atoms with E-state index in [0.29, 0.717) is 18.7 Å². The van der Waals surface area contributed by atoms with E-state index in [1.54, 1.807) is 24.3 Å². The molecule has 0 unspecified atom stereocenters. The van der Waals surface area contributed by atoms with Crippen molar-refractivity contribution in [1.82, 2.24) is 4.90 Å². The second-order valence-electron chi connectivity index (χ2n) is 6.78. The summed E-state index contributed by atoms with van der Waals surface area (Å²) in [5, 5.41) is 2.66. The topological polar surface area (TPSA) is 92.8 Å². The lowest BCUT2D eigenvalue weighted by molar-refractivity contribution is -0.123. The van der Waals surface area contributed by atoms with E-state index in [-0.39, 0.29) is 22.6 Å². The fourth-order valence-corrected chi connectivity index (χ4v) is 2.98. The molecule has 0 spiro atoms. The van der Waals surface area contributed by atoms with E-state index in [9.17, 15) is 19.2 Å². The first-order valence-corrected chi connectivity index (χ1v) is 9.49. The highest BCUT2D eigenvalue weighted by atomic mass is 16.5. The molecular formula is C22H22N2O5. The van der Waals surface area contributed by atoms with Crippen LogP contribution in [0.25, 0.3) is 0 Å². The van der Waals surface area contributed by atoms with Crippen LogP contribution in [0.1, 0.15) is 57.8 Å². The lowest BCUT2D eigenvalue weighted by atomic mass is 10.1. The number of benzene rings is 2. The van der Waals surface area contributed by atoms with Gasteiger partial charge >= 0.3 is 5.97 Å². The van der Waals surface area contributed by atoms with Crippen molar-refractivity contribution in [2.75, 3.05) is 11.9 Å². The van der Waals surface area contributed by atoms with Gasteiger partial charge in [0.05, 0.1) is 16.7 Å². The molecule has 7 nitrogen and oxygen atoms in total. The van der Waals surface area contributed by atoms with Gasteiger partial charge in [-0.1, -0.05) is 31.5 Å². The standard InChI is InChI=1S/C22H22N2O5/c1-3-4-12-24-20(26)17-11-10-15(13-18(17)21(24)27)22(28)29-14(2)19(25)23-16-8-6-5-7-9-16/h5-11,13-14H,3-4,12H2,1-2H3,(H,23,25)/t14-/m0/s1. The molecule has 0 bridgehead atoms. The minimum Gasteiger partial charge on any atom is -0.449 e. The SMILES string of the molecule is CCCCN1C(=O)c2ccc(C(=O)O[C@@H](C)C(=O)Nc3ccccc3)cc2C1=O. The molecule has 1 aliphatic rings. The average Bonchev–Trinajstić information content (AvgIpc) is 2.96. The number of nitrogens with zero attached hydrogens (tertiary/aromatic N) is 1. The number of imide groups is 1. The number of nitrogens with one attached hydrogen (secondary N) is 1. The van der Waals surface area contributed by atoms with Gasteiger partial charge in [0.25, 0.3) is 17.7 Å². The lowest BCUT2D eigenvalue weighted by Gasteiger charge is -2.13. The first-order chi connectivity index (χ1) is 13.9. The number of hydrogen-bond acceptors (Lipinski definition) is 5. The molecule has 0 aliphatic carbocycles. The first-order valence-electron chi connectivity index (χ1n) is 9.49. The number of unbranched alkanes of at least 4 members (excludes halogenated alkanes) is 1. The molecule has 0 saturated carbocycles. The zero-order valence-corrected chi connectivity index (χ0v) is 16.3. The maximum Gasteiger partial charge on any atom is 0.338 e. The molecule has 3 amide bonds. The normalized spacial score (nSPS) is 13.8. The summed E-state index contributed by atoms with van der Waals surface area (Å²) in [6.45, 7) is 3.78. The molecule has 0 fully saturated rings. The van der Waals surface area contributed by atoms with Gasteiger partial charge in [0.2, 0.25) is 0 Å². The van der Waals surface area contributed by atoms with E-state index in [1.165, 1.54) is 30.0 Å². The number of carbonyl (C=O) groups excluding carboxylic acids is 4. The monoisotopic (exact) mass is 394 g/mol. The Morgan fingerprint density at radius 1 is 1.03 bits per heavy atom. The number of hydrogen-bond donors (Lipinski definition) is 1. The second-order valence-corrected chi connectivity index (χ2v) is 6.78. The van der Waals surface area contributed by atoms with Crippen LogP contribution in [0, 0.1) is 0 Å². The van der Waals surface area contributed by atoms with Gasteiger partial charge in [-0.15, -0.1) is 0 Å². The van der Waals surface area contributed by atoms with Crippen molar-refractivity contribution >= 4 is 29.4 Å². The van der Waals surface area contributed by atoms with Crippen molar-refractivity contribution in [3.63, 3.8) is 0 Å². The minimum absolute atomic E-state index is 0.113. The van der Waals surface area contributed by atoms with Gasteiger partial charge < -0.3 is 10.1 Å². The van der Waals surface area contributed by atoms with Crippen molar-refractivity contribution in [2.45, 2.75) is 32.8 Å². The molecule has 1 N–H and O–H groups in total. The smallest absolute Gasteiger partial charge is 0.338 e. The van der Waals surface area contributed by atoms with E-state index < -0.39 is 23.9 Å².